The number of aromatic nitrogens is 4. The standard InChI is InChI=1S/C28H37FN6O2/c1-6-26(37)35-27(2,3)15-21(16-28(35,4)5)34(13-7-12-29)25-11-10-23(32-33-25)22-9-8-19(14-24(22)36)20-17-30-31-18-20/h8-11,14,17-18,21,36H,6-7,12-13,15-16H2,1-5H3,(H,30,31). The van der Waals surface area contributed by atoms with Crippen molar-refractivity contribution < 1.29 is 14.3 Å². The van der Waals surface area contributed by atoms with Gasteiger partial charge in [-0.05, 0) is 76.8 Å². The molecule has 3 aromatic rings. The third-order valence-corrected chi connectivity index (χ3v) is 7.26. The molecule has 4 rings (SSSR count). The Hall–Kier alpha value is -3.49. The molecule has 1 aliphatic heterocycles. The Morgan fingerprint density at radius 2 is 1.86 bits per heavy atom. The molecule has 0 atom stereocenters. The number of aromatic amines is 1. The smallest absolute Gasteiger partial charge is 0.223 e. The predicted octanol–water partition coefficient (Wildman–Crippen LogP) is 5.36. The summed E-state index contributed by atoms with van der Waals surface area (Å²) in [5.74, 6) is 0.913. The summed E-state index contributed by atoms with van der Waals surface area (Å²) < 4.78 is 13.3. The maximum Gasteiger partial charge on any atom is 0.223 e. The number of H-pyrrole nitrogens is 1. The zero-order valence-corrected chi connectivity index (χ0v) is 22.3. The highest BCUT2D eigenvalue weighted by Crippen LogP contribution is 2.42. The molecule has 0 unspecified atom stereocenters. The number of likely N-dealkylation sites (tertiary alicyclic amines) is 1. The second-order valence-electron chi connectivity index (χ2n) is 11.0. The van der Waals surface area contributed by atoms with Gasteiger partial charge >= 0.3 is 0 Å². The number of aromatic hydroxyl groups is 1. The Kier molecular flexibility index (Phi) is 7.52. The molecule has 0 spiro atoms. The SMILES string of the molecule is CCC(=O)N1C(C)(C)CC(N(CCCF)c2ccc(-c3ccc(-c4cn[nH]c4)cc3O)nn2)CC1(C)C. The summed E-state index contributed by atoms with van der Waals surface area (Å²) in [4.78, 5) is 17.0. The number of carbonyl (C=O) groups excluding carboxylic acids is 1. The number of nitrogens with zero attached hydrogens (tertiary/aromatic N) is 5. The lowest BCUT2D eigenvalue weighted by Crippen LogP contribution is -2.66. The summed E-state index contributed by atoms with van der Waals surface area (Å²) in [5.41, 5.74) is 2.14. The van der Waals surface area contributed by atoms with E-state index in [4.69, 9.17) is 0 Å². The maximum atomic E-state index is 13.3. The minimum atomic E-state index is -0.418. The second kappa shape index (κ2) is 10.5. The van der Waals surface area contributed by atoms with E-state index in [9.17, 15) is 14.3 Å². The molecule has 0 saturated carbocycles. The first kappa shape index (κ1) is 26.6. The van der Waals surface area contributed by atoms with E-state index < -0.39 is 6.67 Å². The number of carbonyl (C=O) groups is 1. The number of nitrogens with one attached hydrogen (secondary N) is 1. The van der Waals surface area contributed by atoms with Gasteiger partial charge in [0.1, 0.15) is 5.75 Å². The van der Waals surface area contributed by atoms with Gasteiger partial charge in [-0.3, -0.25) is 14.3 Å². The van der Waals surface area contributed by atoms with E-state index in [0.29, 0.717) is 36.5 Å². The number of hydrogen-bond donors (Lipinski definition) is 2. The Labute approximate surface area is 217 Å². The molecule has 1 amide bonds. The molecule has 2 aromatic heterocycles. The normalized spacial score (nSPS) is 17.1. The van der Waals surface area contributed by atoms with Crippen molar-refractivity contribution in [3.05, 3.63) is 42.7 Å². The van der Waals surface area contributed by atoms with Crippen LogP contribution in [0, 0.1) is 0 Å². The van der Waals surface area contributed by atoms with Crippen LogP contribution in [0.2, 0.25) is 0 Å². The number of phenols is 1. The molecule has 1 saturated heterocycles. The van der Waals surface area contributed by atoms with Gasteiger partial charge in [-0.15, -0.1) is 10.2 Å². The van der Waals surface area contributed by atoms with Gasteiger partial charge in [-0.25, -0.2) is 0 Å². The Balaban J connectivity index is 1.61. The van der Waals surface area contributed by atoms with E-state index >= 15 is 0 Å². The lowest BCUT2D eigenvalue weighted by molar-refractivity contribution is -0.149. The predicted molar refractivity (Wildman–Crippen MR) is 143 cm³/mol. The lowest BCUT2D eigenvalue weighted by Gasteiger charge is -2.57. The number of amides is 1. The number of alkyl halides is 1. The molecule has 1 fully saturated rings. The van der Waals surface area contributed by atoms with Gasteiger partial charge in [0, 0.05) is 47.4 Å². The van der Waals surface area contributed by atoms with E-state index in [1.54, 1.807) is 18.5 Å². The summed E-state index contributed by atoms with van der Waals surface area (Å²) >= 11 is 0. The van der Waals surface area contributed by atoms with E-state index in [0.717, 1.165) is 24.0 Å². The Bertz CT molecular complexity index is 1190. The number of phenolic OH excluding ortho intramolecular Hbond substituents is 1. The molecular formula is C28H37FN6O2. The lowest BCUT2D eigenvalue weighted by atomic mass is 9.76. The number of hydrogen-bond acceptors (Lipinski definition) is 6. The molecule has 0 bridgehead atoms. The molecule has 1 aromatic carbocycles. The number of anilines is 1. The average molecular weight is 509 g/mol. The molecule has 198 valence electrons. The summed E-state index contributed by atoms with van der Waals surface area (Å²) in [6.45, 7) is 10.4. The molecule has 0 radical (unpaired) electrons. The van der Waals surface area contributed by atoms with Crippen molar-refractivity contribution in [2.45, 2.75) is 77.4 Å². The highest BCUT2D eigenvalue weighted by molar-refractivity contribution is 5.78. The molecule has 9 heteroatoms. The molecule has 0 aliphatic carbocycles. The minimum absolute atomic E-state index is 0.0697. The first-order chi connectivity index (χ1) is 17.6. The van der Waals surface area contributed by atoms with Crippen molar-refractivity contribution in [1.82, 2.24) is 25.3 Å². The summed E-state index contributed by atoms with van der Waals surface area (Å²) in [7, 11) is 0. The van der Waals surface area contributed by atoms with E-state index in [2.05, 4.69) is 53.0 Å². The van der Waals surface area contributed by atoms with Crippen molar-refractivity contribution in [1.29, 1.82) is 0 Å². The van der Waals surface area contributed by atoms with E-state index in [-0.39, 0.29) is 28.8 Å². The van der Waals surface area contributed by atoms with Gasteiger partial charge in [-0.2, -0.15) is 5.10 Å². The zero-order chi connectivity index (χ0) is 26.8. The van der Waals surface area contributed by atoms with Gasteiger partial charge in [0.2, 0.25) is 5.91 Å². The van der Waals surface area contributed by atoms with Crippen LogP contribution in [0.1, 0.15) is 60.3 Å². The maximum absolute atomic E-state index is 13.3. The second-order valence-corrected chi connectivity index (χ2v) is 11.0. The van der Waals surface area contributed by atoms with Gasteiger partial charge in [0.15, 0.2) is 5.82 Å². The third kappa shape index (κ3) is 5.45. The minimum Gasteiger partial charge on any atom is -0.507 e. The summed E-state index contributed by atoms with van der Waals surface area (Å²) in [6, 6.07) is 9.18. The van der Waals surface area contributed by atoms with Gasteiger partial charge < -0.3 is 14.9 Å². The van der Waals surface area contributed by atoms with Crippen molar-refractivity contribution >= 4 is 11.7 Å². The number of piperidine rings is 1. The summed E-state index contributed by atoms with van der Waals surface area (Å²) in [5, 5.41) is 26.3. The number of rotatable bonds is 8. The van der Waals surface area contributed by atoms with Crippen LogP contribution in [0.4, 0.5) is 10.2 Å². The molecule has 8 nitrogen and oxygen atoms in total. The van der Waals surface area contributed by atoms with Gasteiger partial charge in [0.05, 0.1) is 18.6 Å². The van der Waals surface area contributed by atoms with Crippen LogP contribution in [0.5, 0.6) is 5.75 Å². The first-order valence-electron chi connectivity index (χ1n) is 12.9. The van der Waals surface area contributed by atoms with Crippen LogP contribution < -0.4 is 4.90 Å². The van der Waals surface area contributed by atoms with E-state index in [1.807, 2.05) is 36.1 Å². The van der Waals surface area contributed by atoms with Crippen LogP contribution in [0.3, 0.4) is 0 Å². The largest absolute Gasteiger partial charge is 0.507 e. The fourth-order valence-electron chi connectivity index (χ4n) is 5.95. The molecular weight excluding hydrogens is 471 g/mol. The zero-order valence-electron chi connectivity index (χ0n) is 22.3. The Morgan fingerprint density at radius 3 is 2.41 bits per heavy atom. The van der Waals surface area contributed by atoms with Crippen LogP contribution >= 0.6 is 0 Å². The van der Waals surface area contributed by atoms with Crippen molar-refractivity contribution in [3.8, 4) is 28.1 Å². The van der Waals surface area contributed by atoms with Gasteiger partial charge in [0.25, 0.3) is 0 Å². The topological polar surface area (TPSA) is 98.2 Å². The fraction of sp³-hybridized carbons (Fsp3) is 0.500. The third-order valence-electron chi connectivity index (χ3n) is 7.26. The Morgan fingerprint density at radius 1 is 1.14 bits per heavy atom. The number of halogens is 1. The van der Waals surface area contributed by atoms with Crippen LogP contribution in [0.25, 0.3) is 22.4 Å². The summed E-state index contributed by atoms with van der Waals surface area (Å²) in [6.07, 6.45) is 5.80. The highest BCUT2D eigenvalue weighted by Gasteiger charge is 2.48. The molecule has 3 heterocycles. The van der Waals surface area contributed by atoms with Crippen molar-refractivity contribution in [2.24, 2.45) is 0 Å². The quantitative estimate of drug-likeness (QED) is 0.425. The van der Waals surface area contributed by atoms with Crippen molar-refractivity contribution in [2.75, 3.05) is 18.1 Å². The highest BCUT2D eigenvalue weighted by atomic mass is 19.1. The van der Waals surface area contributed by atoms with Crippen LogP contribution in [-0.2, 0) is 4.79 Å². The fourth-order valence-corrected chi connectivity index (χ4v) is 5.95. The molecule has 37 heavy (non-hydrogen) atoms. The monoisotopic (exact) mass is 508 g/mol. The van der Waals surface area contributed by atoms with E-state index in [1.165, 1.54) is 0 Å². The van der Waals surface area contributed by atoms with Crippen molar-refractivity contribution in [3.63, 3.8) is 0 Å². The van der Waals surface area contributed by atoms with Gasteiger partial charge in [-0.1, -0.05) is 13.0 Å². The van der Waals surface area contributed by atoms with Crippen LogP contribution in [-0.4, -0.2) is 66.6 Å². The number of benzene rings is 1. The first-order valence-corrected chi connectivity index (χ1v) is 12.9. The average Bonchev–Trinajstić information content (AvgIpc) is 3.38. The molecule has 1 aliphatic rings. The molecule has 2 N–H and O–H groups in total. The van der Waals surface area contributed by atoms with Crippen LogP contribution in [0.15, 0.2) is 42.7 Å².